The third kappa shape index (κ3) is 4.49. The standard InChI is InChI=1S/C10H15F3N2S/c1-3-14-5-7(2)8-6-16-9(15-8)4-10(11,12)13/h6-7,14H,3-5H2,1-2H3. The highest BCUT2D eigenvalue weighted by molar-refractivity contribution is 7.09. The van der Waals surface area contributed by atoms with Crippen LogP contribution in [0.4, 0.5) is 13.2 Å². The lowest BCUT2D eigenvalue weighted by Gasteiger charge is -2.08. The first kappa shape index (κ1) is 13.4. The zero-order valence-electron chi connectivity index (χ0n) is 9.27. The molecule has 1 heterocycles. The molecule has 1 aromatic heterocycles. The molecule has 0 aliphatic heterocycles. The second-order valence-corrected chi connectivity index (χ2v) is 4.61. The summed E-state index contributed by atoms with van der Waals surface area (Å²) in [5.74, 6) is 0.151. The molecular formula is C10H15F3N2S. The summed E-state index contributed by atoms with van der Waals surface area (Å²) in [6, 6.07) is 0. The summed E-state index contributed by atoms with van der Waals surface area (Å²) in [4.78, 5) is 4.01. The van der Waals surface area contributed by atoms with Crippen molar-refractivity contribution in [2.24, 2.45) is 0 Å². The summed E-state index contributed by atoms with van der Waals surface area (Å²) in [5.41, 5.74) is 0.741. The molecule has 0 amide bonds. The van der Waals surface area contributed by atoms with Crippen molar-refractivity contribution >= 4 is 11.3 Å². The van der Waals surface area contributed by atoms with Crippen LogP contribution >= 0.6 is 11.3 Å². The van der Waals surface area contributed by atoms with Gasteiger partial charge in [-0.05, 0) is 6.54 Å². The molecule has 0 aromatic carbocycles. The van der Waals surface area contributed by atoms with E-state index in [1.807, 2.05) is 13.8 Å². The van der Waals surface area contributed by atoms with E-state index in [1.165, 1.54) is 0 Å². The summed E-state index contributed by atoms with van der Waals surface area (Å²) in [6.45, 7) is 5.54. The summed E-state index contributed by atoms with van der Waals surface area (Å²) in [5, 5.41) is 5.00. The Kier molecular flexibility index (Phi) is 4.73. The minimum Gasteiger partial charge on any atom is -0.316 e. The lowest BCUT2D eigenvalue weighted by Crippen LogP contribution is -2.19. The molecule has 0 radical (unpaired) electrons. The number of halogens is 3. The summed E-state index contributed by atoms with van der Waals surface area (Å²) in [6.07, 6.45) is -5.09. The Labute approximate surface area is 96.9 Å². The van der Waals surface area contributed by atoms with Gasteiger partial charge in [-0.3, -0.25) is 0 Å². The van der Waals surface area contributed by atoms with Crippen LogP contribution < -0.4 is 5.32 Å². The fraction of sp³-hybridized carbons (Fsp3) is 0.700. The van der Waals surface area contributed by atoms with E-state index in [1.54, 1.807) is 5.38 Å². The Morgan fingerprint density at radius 2 is 2.19 bits per heavy atom. The van der Waals surface area contributed by atoms with Crippen LogP contribution in [0.2, 0.25) is 0 Å². The second-order valence-electron chi connectivity index (χ2n) is 3.67. The number of nitrogens with zero attached hydrogens (tertiary/aromatic N) is 1. The number of likely N-dealkylation sites (N-methyl/N-ethyl adjacent to an activating group) is 1. The molecular weight excluding hydrogens is 237 g/mol. The normalized spacial score (nSPS) is 14.1. The second kappa shape index (κ2) is 5.63. The van der Waals surface area contributed by atoms with Crippen LogP contribution in [0.3, 0.4) is 0 Å². The van der Waals surface area contributed by atoms with Gasteiger partial charge >= 0.3 is 6.18 Å². The molecule has 92 valence electrons. The van der Waals surface area contributed by atoms with Crippen LogP contribution in [-0.4, -0.2) is 24.2 Å². The molecule has 0 saturated carbocycles. The Morgan fingerprint density at radius 3 is 2.75 bits per heavy atom. The predicted octanol–water partition coefficient (Wildman–Crippen LogP) is 2.96. The molecule has 1 aromatic rings. The molecule has 0 spiro atoms. The topological polar surface area (TPSA) is 24.9 Å². The molecule has 1 rings (SSSR count). The molecule has 16 heavy (non-hydrogen) atoms. The summed E-state index contributed by atoms with van der Waals surface area (Å²) in [7, 11) is 0. The van der Waals surface area contributed by atoms with Crippen molar-refractivity contribution in [1.82, 2.24) is 10.3 Å². The van der Waals surface area contributed by atoms with Crippen LogP contribution in [-0.2, 0) is 6.42 Å². The molecule has 0 aliphatic carbocycles. The molecule has 2 nitrogen and oxygen atoms in total. The molecule has 1 unspecified atom stereocenters. The number of thiazole rings is 1. The average Bonchev–Trinajstić information content (AvgIpc) is 2.59. The van der Waals surface area contributed by atoms with Gasteiger partial charge in [0.05, 0.1) is 12.1 Å². The van der Waals surface area contributed by atoms with Crippen molar-refractivity contribution < 1.29 is 13.2 Å². The van der Waals surface area contributed by atoms with E-state index in [9.17, 15) is 13.2 Å². The molecule has 0 saturated heterocycles. The lowest BCUT2D eigenvalue weighted by molar-refractivity contribution is -0.127. The maximum atomic E-state index is 12.1. The Bertz CT molecular complexity index is 322. The summed E-state index contributed by atoms with van der Waals surface area (Å²) < 4.78 is 36.3. The number of aromatic nitrogens is 1. The third-order valence-electron chi connectivity index (χ3n) is 2.13. The summed E-state index contributed by atoms with van der Waals surface area (Å²) >= 11 is 1.08. The number of nitrogens with one attached hydrogen (secondary N) is 1. The van der Waals surface area contributed by atoms with Crippen molar-refractivity contribution in [3.63, 3.8) is 0 Å². The quantitative estimate of drug-likeness (QED) is 0.871. The first-order chi connectivity index (χ1) is 7.42. The fourth-order valence-electron chi connectivity index (χ4n) is 1.27. The zero-order valence-corrected chi connectivity index (χ0v) is 10.1. The number of hydrogen-bond donors (Lipinski definition) is 1. The highest BCUT2D eigenvalue weighted by atomic mass is 32.1. The molecule has 1 atom stereocenters. The van der Waals surface area contributed by atoms with Crippen LogP contribution in [0.5, 0.6) is 0 Å². The van der Waals surface area contributed by atoms with Gasteiger partial charge < -0.3 is 5.32 Å². The first-order valence-corrected chi connectivity index (χ1v) is 6.02. The van der Waals surface area contributed by atoms with Gasteiger partial charge in [-0.25, -0.2) is 4.98 Å². The monoisotopic (exact) mass is 252 g/mol. The largest absolute Gasteiger partial charge is 0.395 e. The van der Waals surface area contributed by atoms with E-state index >= 15 is 0 Å². The molecule has 0 aliphatic rings. The van der Waals surface area contributed by atoms with Gasteiger partial charge in [-0.15, -0.1) is 11.3 Å². The van der Waals surface area contributed by atoms with Gasteiger partial charge in [0, 0.05) is 17.8 Å². The van der Waals surface area contributed by atoms with E-state index in [0.717, 1.165) is 30.1 Å². The molecule has 0 bridgehead atoms. The van der Waals surface area contributed by atoms with Gasteiger partial charge in [0.15, 0.2) is 0 Å². The fourth-order valence-corrected chi connectivity index (χ4v) is 2.22. The number of alkyl halides is 3. The van der Waals surface area contributed by atoms with Crippen LogP contribution in [0, 0.1) is 0 Å². The van der Waals surface area contributed by atoms with Crippen molar-refractivity contribution in [1.29, 1.82) is 0 Å². The molecule has 6 heteroatoms. The zero-order chi connectivity index (χ0) is 12.2. The van der Waals surface area contributed by atoms with Gasteiger partial charge in [0.25, 0.3) is 0 Å². The average molecular weight is 252 g/mol. The van der Waals surface area contributed by atoms with Crippen molar-refractivity contribution in [2.45, 2.75) is 32.4 Å². The molecule has 1 N–H and O–H groups in total. The SMILES string of the molecule is CCNCC(C)c1csc(CC(F)(F)F)n1. The van der Waals surface area contributed by atoms with E-state index in [2.05, 4.69) is 10.3 Å². The maximum absolute atomic E-state index is 12.1. The van der Waals surface area contributed by atoms with E-state index in [0.29, 0.717) is 0 Å². The molecule has 0 fully saturated rings. The van der Waals surface area contributed by atoms with E-state index in [4.69, 9.17) is 0 Å². The van der Waals surface area contributed by atoms with Gasteiger partial charge in [0.2, 0.25) is 0 Å². The minimum absolute atomic E-state index is 0.144. The number of rotatable bonds is 5. The highest BCUT2D eigenvalue weighted by Gasteiger charge is 2.29. The predicted molar refractivity (Wildman–Crippen MR) is 58.8 cm³/mol. The Balaban J connectivity index is 2.57. The van der Waals surface area contributed by atoms with Gasteiger partial charge in [-0.1, -0.05) is 13.8 Å². The third-order valence-corrected chi connectivity index (χ3v) is 2.99. The van der Waals surface area contributed by atoms with Crippen LogP contribution in [0.25, 0.3) is 0 Å². The minimum atomic E-state index is -4.17. The van der Waals surface area contributed by atoms with Crippen molar-refractivity contribution in [2.75, 3.05) is 13.1 Å². The van der Waals surface area contributed by atoms with Gasteiger partial charge in [0.1, 0.15) is 5.01 Å². The van der Waals surface area contributed by atoms with Crippen LogP contribution in [0.15, 0.2) is 5.38 Å². The lowest BCUT2D eigenvalue weighted by atomic mass is 10.1. The Hall–Kier alpha value is -0.620. The maximum Gasteiger partial charge on any atom is 0.395 e. The van der Waals surface area contributed by atoms with Crippen molar-refractivity contribution in [3.8, 4) is 0 Å². The van der Waals surface area contributed by atoms with E-state index in [-0.39, 0.29) is 10.9 Å². The van der Waals surface area contributed by atoms with Gasteiger partial charge in [-0.2, -0.15) is 13.2 Å². The Morgan fingerprint density at radius 1 is 1.50 bits per heavy atom. The van der Waals surface area contributed by atoms with Crippen molar-refractivity contribution in [3.05, 3.63) is 16.1 Å². The number of hydrogen-bond acceptors (Lipinski definition) is 3. The smallest absolute Gasteiger partial charge is 0.316 e. The first-order valence-electron chi connectivity index (χ1n) is 5.14. The van der Waals surface area contributed by atoms with E-state index < -0.39 is 12.6 Å². The highest BCUT2D eigenvalue weighted by Crippen LogP contribution is 2.25. The van der Waals surface area contributed by atoms with Crippen LogP contribution in [0.1, 0.15) is 30.5 Å².